The van der Waals surface area contributed by atoms with Crippen molar-refractivity contribution in [3.63, 3.8) is 0 Å². The third-order valence-corrected chi connectivity index (χ3v) is 1.14. The highest BCUT2D eigenvalue weighted by Gasteiger charge is 1.99. The van der Waals surface area contributed by atoms with Crippen LogP contribution >= 0.6 is 0 Å². The summed E-state index contributed by atoms with van der Waals surface area (Å²) in [7, 11) is 0. The second-order valence-corrected chi connectivity index (χ2v) is 1.96. The molecular weight excluding hydrogens is 164 g/mol. The van der Waals surface area contributed by atoms with Crippen LogP contribution in [0.5, 0.6) is 5.75 Å². The number of pyridine rings is 1. The quantitative estimate of drug-likeness (QED) is 0.515. The number of aromatic nitrogens is 1. The highest BCUT2D eigenvalue weighted by Crippen LogP contribution is 2.08. The summed E-state index contributed by atoms with van der Waals surface area (Å²) in [5.74, 6) is 0.0391. The third kappa shape index (κ3) is 2.17. The van der Waals surface area contributed by atoms with Gasteiger partial charge in [-0.3, -0.25) is 9.82 Å². The van der Waals surface area contributed by atoms with E-state index in [-0.39, 0.29) is 12.4 Å². The van der Waals surface area contributed by atoms with Gasteiger partial charge in [0.25, 0.3) is 5.09 Å². The highest BCUT2D eigenvalue weighted by atomic mass is 17.0. The topological polar surface area (TPSA) is 85.5 Å². The molecule has 0 atom stereocenters. The molecular formula is C6H6N2O4. The Kier molecular flexibility index (Phi) is 2.54. The highest BCUT2D eigenvalue weighted by molar-refractivity contribution is 5.18. The molecule has 1 aromatic rings. The molecule has 0 aromatic carbocycles. The summed E-state index contributed by atoms with van der Waals surface area (Å²) in [5.41, 5.74) is 0.436. The SMILES string of the molecule is O=[N+]([O-])Oc1ccc(CO)nc1. The van der Waals surface area contributed by atoms with E-state index in [2.05, 4.69) is 9.82 Å². The van der Waals surface area contributed by atoms with Gasteiger partial charge in [-0.1, -0.05) is 0 Å². The van der Waals surface area contributed by atoms with Gasteiger partial charge < -0.3 is 5.11 Å². The van der Waals surface area contributed by atoms with Gasteiger partial charge >= 0.3 is 0 Å². The van der Waals surface area contributed by atoms with E-state index < -0.39 is 5.09 Å². The lowest BCUT2D eigenvalue weighted by molar-refractivity contribution is -0.711. The molecule has 0 saturated heterocycles. The Morgan fingerprint density at radius 2 is 2.42 bits per heavy atom. The Hall–Kier alpha value is -1.69. The standard InChI is InChI=1S/C6H6N2O4/c9-4-5-1-2-6(3-7-5)12-8(10)11/h1-3,9H,4H2. The fourth-order valence-corrected chi connectivity index (χ4v) is 0.645. The fraction of sp³-hybridized carbons (Fsp3) is 0.167. The number of aliphatic hydroxyl groups is 1. The Bertz CT molecular complexity index is 271. The summed E-state index contributed by atoms with van der Waals surface area (Å²) in [6.07, 6.45) is 1.17. The average molecular weight is 170 g/mol. The smallest absolute Gasteiger partial charge is 0.299 e. The van der Waals surface area contributed by atoms with Gasteiger partial charge in [-0.2, -0.15) is 0 Å². The summed E-state index contributed by atoms with van der Waals surface area (Å²) < 4.78 is 0. The first kappa shape index (κ1) is 8.41. The molecule has 0 spiro atoms. The molecule has 0 saturated carbocycles. The molecule has 12 heavy (non-hydrogen) atoms. The maximum Gasteiger partial charge on any atom is 0.299 e. The molecule has 0 fully saturated rings. The van der Waals surface area contributed by atoms with Crippen molar-refractivity contribution in [1.29, 1.82) is 0 Å². The lowest BCUT2D eigenvalue weighted by atomic mass is 10.3. The van der Waals surface area contributed by atoms with Crippen molar-refractivity contribution in [2.24, 2.45) is 0 Å². The lowest BCUT2D eigenvalue weighted by Gasteiger charge is -1.97. The van der Waals surface area contributed by atoms with Crippen molar-refractivity contribution < 1.29 is 15.0 Å². The van der Waals surface area contributed by atoms with E-state index in [0.717, 1.165) is 0 Å². The van der Waals surface area contributed by atoms with E-state index in [0.29, 0.717) is 5.69 Å². The van der Waals surface area contributed by atoms with Gasteiger partial charge in [-0.15, -0.1) is 10.1 Å². The molecule has 0 bridgehead atoms. The Balaban J connectivity index is 2.71. The van der Waals surface area contributed by atoms with E-state index >= 15 is 0 Å². The van der Waals surface area contributed by atoms with Gasteiger partial charge in [0.2, 0.25) is 0 Å². The van der Waals surface area contributed by atoms with Crippen LogP contribution in [-0.4, -0.2) is 15.2 Å². The molecule has 0 aliphatic heterocycles. The number of hydrogen-bond donors (Lipinski definition) is 1. The van der Waals surface area contributed by atoms with Crippen LogP contribution in [0.25, 0.3) is 0 Å². The largest absolute Gasteiger partial charge is 0.390 e. The average Bonchev–Trinajstić information content (AvgIpc) is 2.05. The Morgan fingerprint density at radius 3 is 2.83 bits per heavy atom. The second kappa shape index (κ2) is 3.63. The molecule has 6 heteroatoms. The van der Waals surface area contributed by atoms with Crippen LogP contribution in [0.1, 0.15) is 5.69 Å². The summed E-state index contributed by atoms with van der Waals surface area (Å²) in [5, 5.41) is 17.5. The van der Waals surface area contributed by atoms with Crippen LogP contribution in [0.15, 0.2) is 18.3 Å². The van der Waals surface area contributed by atoms with Gasteiger partial charge in [-0.25, -0.2) is 0 Å². The van der Waals surface area contributed by atoms with Crippen LogP contribution in [-0.2, 0) is 6.61 Å². The van der Waals surface area contributed by atoms with Crippen molar-refractivity contribution in [2.75, 3.05) is 0 Å². The first-order chi connectivity index (χ1) is 5.72. The molecule has 0 aliphatic rings. The molecule has 64 valence electrons. The van der Waals surface area contributed by atoms with Crippen molar-refractivity contribution in [3.8, 4) is 5.75 Å². The van der Waals surface area contributed by atoms with Crippen molar-refractivity contribution >= 4 is 0 Å². The number of rotatable bonds is 3. The molecule has 0 aliphatic carbocycles. The Labute approximate surface area is 67.5 Å². The summed E-state index contributed by atoms with van der Waals surface area (Å²) in [6.45, 7) is -0.196. The summed E-state index contributed by atoms with van der Waals surface area (Å²) in [4.78, 5) is 17.6. The van der Waals surface area contributed by atoms with Gasteiger partial charge in [0.15, 0.2) is 0 Å². The van der Waals surface area contributed by atoms with E-state index in [1.807, 2.05) is 0 Å². The number of aliphatic hydroxyl groups excluding tert-OH is 1. The zero-order valence-electron chi connectivity index (χ0n) is 6.01. The summed E-state index contributed by atoms with van der Waals surface area (Å²) in [6, 6.07) is 2.81. The zero-order valence-corrected chi connectivity index (χ0v) is 6.01. The first-order valence-corrected chi connectivity index (χ1v) is 3.10. The second-order valence-electron chi connectivity index (χ2n) is 1.96. The van der Waals surface area contributed by atoms with Crippen LogP contribution in [0, 0.1) is 10.1 Å². The molecule has 1 heterocycles. The summed E-state index contributed by atoms with van der Waals surface area (Å²) >= 11 is 0. The maximum absolute atomic E-state index is 9.83. The van der Waals surface area contributed by atoms with E-state index in [1.54, 1.807) is 0 Å². The van der Waals surface area contributed by atoms with Gasteiger partial charge in [0, 0.05) is 0 Å². The van der Waals surface area contributed by atoms with Crippen LogP contribution in [0.2, 0.25) is 0 Å². The molecule has 1 N–H and O–H groups in total. The van der Waals surface area contributed by atoms with Crippen LogP contribution in [0.3, 0.4) is 0 Å². The van der Waals surface area contributed by atoms with Gasteiger partial charge in [0.1, 0.15) is 5.75 Å². The Morgan fingerprint density at radius 1 is 1.67 bits per heavy atom. The molecule has 1 rings (SSSR count). The van der Waals surface area contributed by atoms with Gasteiger partial charge in [-0.05, 0) is 12.1 Å². The monoisotopic (exact) mass is 170 g/mol. The molecule has 0 amide bonds. The number of hydrogen-bond acceptors (Lipinski definition) is 5. The van der Waals surface area contributed by atoms with Crippen LogP contribution < -0.4 is 4.84 Å². The molecule has 0 radical (unpaired) electrons. The fourth-order valence-electron chi connectivity index (χ4n) is 0.645. The number of nitrogens with zero attached hydrogens (tertiary/aromatic N) is 2. The third-order valence-electron chi connectivity index (χ3n) is 1.14. The van der Waals surface area contributed by atoms with Gasteiger partial charge in [0.05, 0.1) is 18.5 Å². The lowest BCUT2D eigenvalue weighted by Crippen LogP contribution is -2.03. The minimum Gasteiger partial charge on any atom is -0.390 e. The van der Waals surface area contributed by atoms with Crippen molar-refractivity contribution in [2.45, 2.75) is 6.61 Å². The minimum atomic E-state index is -0.921. The van der Waals surface area contributed by atoms with E-state index in [1.165, 1.54) is 18.3 Å². The predicted octanol–water partition coefficient (Wildman–Crippen LogP) is 0.144. The maximum atomic E-state index is 9.83. The normalized spacial score (nSPS) is 9.42. The molecule has 1 aromatic heterocycles. The van der Waals surface area contributed by atoms with E-state index in [9.17, 15) is 10.1 Å². The minimum absolute atomic E-state index is 0.0391. The molecule has 6 nitrogen and oxygen atoms in total. The van der Waals surface area contributed by atoms with E-state index in [4.69, 9.17) is 5.11 Å². The predicted molar refractivity (Wildman–Crippen MR) is 37.8 cm³/mol. The van der Waals surface area contributed by atoms with Crippen molar-refractivity contribution in [1.82, 2.24) is 4.98 Å². The molecule has 0 unspecified atom stereocenters. The van der Waals surface area contributed by atoms with Crippen molar-refractivity contribution in [3.05, 3.63) is 34.1 Å². The zero-order chi connectivity index (χ0) is 8.97. The van der Waals surface area contributed by atoms with Crippen LogP contribution in [0.4, 0.5) is 0 Å². The first-order valence-electron chi connectivity index (χ1n) is 3.10.